The SMILES string of the molecule is CC(C)(C)c1nc([N+](=O)[O-])nn1C(=O)n1cncn1. The Morgan fingerprint density at radius 1 is 1.42 bits per heavy atom. The summed E-state index contributed by atoms with van der Waals surface area (Å²) in [5, 5.41) is 18.0. The monoisotopic (exact) mass is 265 g/mol. The first-order valence-corrected chi connectivity index (χ1v) is 5.32. The molecule has 2 rings (SSSR count). The first kappa shape index (κ1) is 12.8. The first-order chi connectivity index (χ1) is 8.80. The summed E-state index contributed by atoms with van der Waals surface area (Å²) in [7, 11) is 0. The highest BCUT2D eigenvalue weighted by Crippen LogP contribution is 2.22. The van der Waals surface area contributed by atoms with E-state index in [1.807, 2.05) is 0 Å². The minimum Gasteiger partial charge on any atom is -0.390 e. The van der Waals surface area contributed by atoms with Crippen molar-refractivity contribution in [1.29, 1.82) is 0 Å². The summed E-state index contributed by atoms with van der Waals surface area (Å²) in [6.07, 6.45) is 2.36. The number of rotatable bonds is 1. The molecule has 0 radical (unpaired) electrons. The summed E-state index contributed by atoms with van der Waals surface area (Å²) in [6.45, 7) is 5.31. The van der Waals surface area contributed by atoms with Crippen LogP contribution in [0, 0.1) is 10.1 Å². The molecule has 10 nitrogen and oxygen atoms in total. The summed E-state index contributed by atoms with van der Waals surface area (Å²) in [5.74, 6) is -0.446. The van der Waals surface area contributed by atoms with Crippen LogP contribution in [0.2, 0.25) is 0 Å². The maximum absolute atomic E-state index is 12.1. The molecule has 19 heavy (non-hydrogen) atoms. The molecule has 0 aliphatic heterocycles. The van der Waals surface area contributed by atoms with Crippen molar-refractivity contribution in [2.24, 2.45) is 0 Å². The zero-order valence-electron chi connectivity index (χ0n) is 10.5. The van der Waals surface area contributed by atoms with Gasteiger partial charge in [0.15, 0.2) is 0 Å². The van der Waals surface area contributed by atoms with Crippen molar-refractivity contribution in [3.8, 4) is 0 Å². The van der Waals surface area contributed by atoms with E-state index in [1.165, 1.54) is 12.7 Å². The van der Waals surface area contributed by atoms with Crippen molar-refractivity contribution in [1.82, 2.24) is 29.5 Å². The second kappa shape index (κ2) is 4.23. The second-order valence-corrected chi connectivity index (χ2v) is 4.78. The Balaban J connectivity index is 2.55. The number of nitrogens with zero attached hydrogens (tertiary/aromatic N) is 7. The number of carbonyl (C=O) groups excluding carboxylic acids is 1. The third-order valence-corrected chi connectivity index (χ3v) is 2.23. The third kappa shape index (κ3) is 2.32. The highest BCUT2D eigenvalue weighted by Gasteiger charge is 2.34. The molecule has 2 heterocycles. The normalized spacial score (nSPS) is 11.5. The molecular weight excluding hydrogens is 254 g/mol. The van der Waals surface area contributed by atoms with E-state index in [2.05, 4.69) is 20.2 Å². The fraction of sp³-hybridized carbons (Fsp3) is 0.444. The third-order valence-electron chi connectivity index (χ3n) is 2.23. The summed E-state index contributed by atoms with van der Waals surface area (Å²) in [6, 6.07) is -0.678. The van der Waals surface area contributed by atoms with Crippen LogP contribution in [0.3, 0.4) is 0 Å². The molecule has 100 valence electrons. The molecule has 0 aromatic carbocycles. The fourth-order valence-corrected chi connectivity index (χ4v) is 1.40. The van der Waals surface area contributed by atoms with Gasteiger partial charge in [0.25, 0.3) is 0 Å². The van der Waals surface area contributed by atoms with Gasteiger partial charge in [0, 0.05) is 10.5 Å². The van der Waals surface area contributed by atoms with E-state index >= 15 is 0 Å². The van der Waals surface area contributed by atoms with Gasteiger partial charge in [-0.25, -0.2) is 9.78 Å². The van der Waals surface area contributed by atoms with Gasteiger partial charge in [-0.05, 0) is 9.91 Å². The van der Waals surface area contributed by atoms with Gasteiger partial charge < -0.3 is 10.1 Å². The van der Waals surface area contributed by atoms with Crippen LogP contribution in [0.15, 0.2) is 12.7 Å². The highest BCUT2D eigenvalue weighted by atomic mass is 16.6. The van der Waals surface area contributed by atoms with Crippen LogP contribution in [0.4, 0.5) is 10.7 Å². The van der Waals surface area contributed by atoms with Gasteiger partial charge in [-0.2, -0.15) is 9.78 Å². The Labute approximate surface area is 107 Å². The van der Waals surface area contributed by atoms with Crippen molar-refractivity contribution >= 4 is 12.0 Å². The fourth-order valence-electron chi connectivity index (χ4n) is 1.40. The molecule has 0 spiro atoms. The van der Waals surface area contributed by atoms with Crippen molar-refractivity contribution in [3.63, 3.8) is 0 Å². The molecular formula is C9H11N7O3. The molecule has 0 unspecified atom stereocenters. The topological polar surface area (TPSA) is 122 Å². The Bertz CT molecular complexity index is 623. The van der Waals surface area contributed by atoms with Crippen LogP contribution >= 0.6 is 0 Å². The lowest BCUT2D eigenvalue weighted by atomic mass is 9.96. The van der Waals surface area contributed by atoms with Gasteiger partial charge in [0.1, 0.15) is 12.7 Å². The van der Waals surface area contributed by atoms with Gasteiger partial charge in [-0.15, -0.1) is 0 Å². The molecule has 0 N–H and O–H groups in total. The maximum atomic E-state index is 12.1. The van der Waals surface area contributed by atoms with Gasteiger partial charge in [0.05, 0.1) is 0 Å². The highest BCUT2D eigenvalue weighted by molar-refractivity contribution is 5.77. The van der Waals surface area contributed by atoms with Crippen LogP contribution < -0.4 is 0 Å². The molecule has 2 aromatic heterocycles. The summed E-state index contributed by atoms with van der Waals surface area (Å²) < 4.78 is 1.79. The average Bonchev–Trinajstić information content (AvgIpc) is 2.96. The lowest BCUT2D eigenvalue weighted by Crippen LogP contribution is -2.28. The number of hydrogen-bond donors (Lipinski definition) is 0. The van der Waals surface area contributed by atoms with E-state index in [0.717, 1.165) is 9.36 Å². The Kier molecular flexibility index (Phi) is 2.85. The molecule has 10 heteroatoms. The second-order valence-electron chi connectivity index (χ2n) is 4.78. The molecule has 0 bridgehead atoms. The van der Waals surface area contributed by atoms with Gasteiger partial charge in [-0.1, -0.05) is 25.5 Å². The van der Waals surface area contributed by atoms with E-state index in [1.54, 1.807) is 20.8 Å². The average molecular weight is 265 g/mol. The van der Waals surface area contributed by atoms with E-state index in [-0.39, 0.29) is 5.82 Å². The summed E-state index contributed by atoms with van der Waals surface area (Å²) in [5.41, 5.74) is -0.586. The van der Waals surface area contributed by atoms with Gasteiger partial charge >= 0.3 is 12.0 Å². The summed E-state index contributed by atoms with van der Waals surface area (Å²) in [4.78, 5) is 29.5. The van der Waals surface area contributed by atoms with Crippen molar-refractivity contribution in [3.05, 3.63) is 28.6 Å². The first-order valence-electron chi connectivity index (χ1n) is 5.32. The van der Waals surface area contributed by atoms with E-state index < -0.39 is 22.3 Å². The molecule has 0 aliphatic carbocycles. The molecule has 0 aliphatic rings. The predicted octanol–water partition coefficient (Wildman–Crippen LogP) is 0.592. The number of hydrogen-bond acceptors (Lipinski definition) is 7. The zero-order chi connectivity index (χ0) is 14.2. The van der Waals surface area contributed by atoms with Crippen LogP contribution in [-0.2, 0) is 5.41 Å². The Hall–Kier alpha value is -2.65. The number of carbonyl (C=O) groups is 1. The standard InChI is InChI=1S/C9H11N7O3/c1-9(2,3)6-12-7(16(18)19)13-15(6)8(17)14-5-10-4-11-14/h4-5H,1-3H3. The van der Waals surface area contributed by atoms with Crippen LogP contribution in [0.1, 0.15) is 26.6 Å². The lowest BCUT2D eigenvalue weighted by molar-refractivity contribution is -0.394. The van der Waals surface area contributed by atoms with Crippen LogP contribution in [0.25, 0.3) is 0 Å². The molecule has 0 saturated heterocycles. The van der Waals surface area contributed by atoms with Gasteiger partial charge in [-0.3, -0.25) is 0 Å². The number of nitro groups is 1. The van der Waals surface area contributed by atoms with Crippen molar-refractivity contribution in [2.75, 3.05) is 0 Å². The van der Waals surface area contributed by atoms with E-state index in [9.17, 15) is 14.9 Å². The smallest absolute Gasteiger partial charge is 0.390 e. The minimum absolute atomic E-state index is 0.180. The molecule has 0 saturated carbocycles. The maximum Gasteiger partial charge on any atom is 0.491 e. The lowest BCUT2D eigenvalue weighted by Gasteiger charge is -2.12. The Morgan fingerprint density at radius 2 is 2.11 bits per heavy atom. The van der Waals surface area contributed by atoms with E-state index in [0.29, 0.717) is 0 Å². The molecule has 0 fully saturated rings. The van der Waals surface area contributed by atoms with Crippen molar-refractivity contribution < 1.29 is 9.72 Å². The number of aromatic nitrogens is 6. The summed E-state index contributed by atoms with van der Waals surface area (Å²) >= 11 is 0. The molecule has 0 atom stereocenters. The largest absolute Gasteiger partial charge is 0.491 e. The molecule has 0 amide bonds. The zero-order valence-corrected chi connectivity index (χ0v) is 10.5. The van der Waals surface area contributed by atoms with Crippen LogP contribution in [0.5, 0.6) is 0 Å². The van der Waals surface area contributed by atoms with E-state index in [4.69, 9.17) is 0 Å². The minimum atomic E-state index is -0.750. The van der Waals surface area contributed by atoms with Crippen molar-refractivity contribution in [2.45, 2.75) is 26.2 Å². The van der Waals surface area contributed by atoms with Gasteiger partial charge in [0.2, 0.25) is 5.82 Å². The molecule has 2 aromatic rings. The predicted molar refractivity (Wildman–Crippen MR) is 61.6 cm³/mol. The van der Waals surface area contributed by atoms with Crippen LogP contribution in [-0.4, -0.2) is 40.5 Å². The quantitative estimate of drug-likeness (QED) is 0.546. The Morgan fingerprint density at radius 3 is 2.58 bits per heavy atom.